The molecule has 1 unspecified atom stereocenters. The van der Waals surface area contributed by atoms with Crippen LogP contribution in [0.3, 0.4) is 0 Å². The van der Waals surface area contributed by atoms with E-state index in [0.29, 0.717) is 15.1 Å². The van der Waals surface area contributed by atoms with E-state index in [1.54, 1.807) is 19.1 Å². The van der Waals surface area contributed by atoms with Crippen LogP contribution in [-0.2, 0) is 0 Å². The summed E-state index contributed by atoms with van der Waals surface area (Å²) in [6, 6.07) is 6.12. The average Bonchev–Trinajstić information content (AvgIpc) is 2.40. The number of rotatable bonds is 4. The molecule has 0 aliphatic heterocycles. The Bertz CT molecular complexity index is 677. The number of pyridine rings is 1. The van der Waals surface area contributed by atoms with Gasteiger partial charge >= 0.3 is 5.69 Å². The van der Waals surface area contributed by atoms with Gasteiger partial charge in [-0.1, -0.05) is 39.1 Å². The Labute approximate surface area is 139 Å². The Kier molecular flexibility index (Phi) is 5.03. The van der Waals surface area contributed by atoms with Crippen LogP contribution in [0.4, 0.5) is 5.69 Å². The smallest absolute Gasteiger partial charge is 0.312 e. The first kappa shape index (κ1) is 16.0. The van der Waals surface area contributed by atoms with Crippen LogP contribution in [0.15, 0.2) is 34.9 Å². The summed E-state index contributed by atoms with van der Waals surface area (Å²) in [5.41, 5.74) is 0.338. The lowest BCUT2D eigenvalue weighted by Crippen LogP contribution is -2.07. The van der Waals surface area contributed by atoms with E-state index in [4.69, 9.17) is 27.9 Å². The molecule has 2 rings (SSSR count). The Balaban J connectivity index is 2.36. The normalized spacial score (nSPS) is 12.0. The summed E-state index contributed by atoms with van der Waals surface area (Å²) in [6.07, 6.45) is 0.891. The predicted molar refractivity (Wildman–Crippen MR) is 84.1 cm³/mol. The molecule has 0 amide bonds. The van der Waals surface area contributed by atoms with E-state index >= 15 is 0 Å². The third-order valence-electron chi connectivity index (χ3n) is 2.72. The van der Waals surface area contributed by atoms with Gasteiger partial charge in [-0.2, -0.15) is 0 Å². The fraction of sp³-hybridized carbons (Fsp3) is 0.154. The molecule has 8 heteroatoms. The third kappa shape index (κ3) is 3.64. The number of benzene rings is 1. The summed E-state index contributed by atoms with van der Waals surface area (Å²) < 4.78 is 6.23. The topological polar surface area (TPSA) is 65.3 Å². The second-order valence-electron chi connectivity index (χ2n) is 4.13. The van der Waals surface area contributed by atoms with Crippen molar-refractivity contribution >= 4 is 44.8 Å². The lowest BCUT2D eigenvalue weighted by Gasteiger charge is -2.17. The van der Waals surface area contributed by atoms with Crippen molar-refractivity contribution in [2.45, 2.75) is 13.0 Å². The quantitative estimate of drug-likeness (QED) is 0.408. The van der Waals surface area contributed by atoms with Gasteiger partial charge in [-0.3, -0.25) is 10.1 Å². The van der Waals surface area contributed by atoms with Crippen molar-refractivity contribution < 1.29 is 9.66 Å². The van der Waals surface area contributed by atoms with Gasteiger partial charge in [0.25, 0.3) is 0 Å². The molecule has 1 aromatic carbocycles. The van der Waals surface area contributed by atoms with Gasteiger partial charge in [0, 0.05) is 22.3 Å². The number of nitrogens with zero attached hydrogens (tertiary/aromatic N) is 2. The zero-order valence-electron chi connectivity index (χ0n) is 10.7. The molecule has 2 aromatic rings. The van der Waals surface area contributed by atoms with Crippen molar-refractivity contribution in [3.05, 3.63) is 60.8 Å². The van der Waals surface area contributed by atoms with Gasteiger partial charge in [-0.05, 0) is 25.1 Å². The van der Waals surface area contributed by atoms with Gasteiger partial charge in [0.1, 0.15) is 11.3 Å². The second-order valence-corrected chi connectivity index (χ2v) is 5.81. The van der Waals surface area contributed by atoms with Crippen molar-refractivity contribution in [3.8, 4) is 5.75 Å². The number of hydrogen-bond acceptors (Lipinski definition) is 4. The molecule has 5 nitrogen and oxygen atoms in total. The maximum absolute atomic E-state index is 11.1. The highest BCUT2D eigenvalue weighted by molar-refractivity contribution is 9.10. The molecule has 0 spiro atoms. The summed E-state index contributed by atoms with van der Waals surface area (Å²) in [6.45, 7) is 1.69. The van der Waals surface area contributed by atoms with Gasteiger partial charge in [0.05, 0.1) is 9.95 Å². The number of halogens is 3. The Hall–Kier alpha value is -1.37. The predicted octanol–water partition coefficient (Wildman–Crippen LogP) is 5.20. The van der Waals surface area contributed by atoms with Gasteiger partial charge in [-0.15, -0.1) is 0 Å². The van der Waals surface area contributed by atoms with Crippen molar-refractivity contribution in [1.29, 1.82) is 0 Å². The van der Waals surface area contributed by atoms with Gasteiger partial charge < -0.3 is 4.74 Å². The summed E-state index contributed by atoms with van der Waals surface area (Å²) >= 11 is 15.3. The van der Waals surface area contributed by atoms with Crippen molar-refractivity contribution in [2.75, 3.05) is 0 Å². The van der Waals surface area contributed by atoms with Gasteiger partial charge in [0.15, 0.2) is 5.75 Å². The van der Waals surface area contributed by atoms with Crippen LogP contribution in [-0.4, -0.2) is 9.91 Å². The monoisotopic (exact) mass is 390 g/mol. The van der Waals surface area contributed by atoms with E-state index in [0.717, 1.165) is 0 Å². The van der Waals surface area contributed by atoms with Crippen LogP contribution in [0.1, 0.15) is 18.6 Å². The highest BCUT2D eigenvalue weighted by atomic mass is 79.9. The molecular weight excluding hydrogens is 383 g/mol. The highest BCUT2D eigenvalue weighted by Gasteiger charge is 2.21. The summed E-state index contributed by atoms with van der Waals surface area (Å²) in [7, 11) is 0. The van der Waals surface area contributed by atoms with E-state index in [2.05, 4.69) is 20.9 Å². The van der Waals surface area contributed by atoms with Gasteiger partial charge in [0.2, 0.25) is 0 Å². The first-order valence-corrected chi connectivity index (χ1v) is 7.35. The maximum Gasteiger partial charge on any atom is 0.312 e. The maximum atomic E-state index is 11.1. The minimum Gasteiger partial charge on any atom is -0.479 e. The molecule has 21 heavy (non-hydrogen) atoms. The lowest BCUT2D eigenvalue weighted by molar-refractivity contribution is -0.386. The number of hydrogen-bond donors (Lipinski definition) is 0. The second kappa shape index (κ2) is 6.60. The Morgan fingerprint density at radius 2 is 2.10 bits per heavy atom. The molecule has 0 saturated heterocycles. The SMILES string of the molecule is CC(Oc1ccc(Br)cc1[N+](=O)[O-])c1c(Cl)ccnc1Cl. The minimum absolute atomic E-state index is 0.131. The first-order chi connectivity index (χ1) is 9.90. The number of aromatic nitrogens is 1. The molecule has 1 aromatic heterocycles. The fourth-order valence-corrected chi connectivity index (χ4v) is 2.78. The lowest BCUT2D eigenvalue weighted by atomic mass is 10.2. The van der Waals surface area contributed by atoms with Crippen LogP contribution in [0, 0.1) is 10.1 Å². The van der Waals surface area contributed by atoms with E-state index < -0.39 is 11.0 Å². The zero-order chi connectivity index (χ0) is 15.6. The van der Waals surface area contributed by atoms with Crippen LogP contribution < -0.4 is 4.74 Å². The van der Waals surface area contributed by atoms with Gasteiger partial charge in [-0.25, -0.2) is 4.98 Å². The largest absolute Gasteiger partial charge is 0.479 e. The molecule has 0 N–H and O–H groups in total. The summed E-state index contributed by atoms with van der Waals surface area (Å²) in [5.74, 6) is 0.131. The molecule has 0 aliphatic rings. The van der Waals surface area contributed by atoms with Crippen molar-refractivity contribution in [3.63, 3.8) is 0 Å². The standard InChI is InChI=1S/C13H9BrCl2N2O3/c1-7(12-9(15)4-5-17-13(12)16)21-11-3-2-8(14)6-10(11)18(19)20/h2-7H,1H3. The molecule has 0 bridgehead atoms. The van der Waals surface area contributed by atoms with Crippen LogP contribution >= 0.6 is 39.1 Å². The molecule has 1 atom stereocenters. The number of nitro benzene ring substituents is 1. The van der Waals surface area contributed by atoms with E-state index in [-0.39, 0.29) is 16.6 Å². The van der Waals surface area contributed by atoms with Crippen molar-refractivity contribution in [2.24, 2.45) is 0 Å². The third-order valence-corrected chi connectivity index (χ3v) is 3.84. The van der Waals surface area contributed by atoms with E-state index in [9.17, 15) is 10.1 Å². The Morgan fingerprint density at radius 1 is 1.38 bits per heavy atom. The molecule has 0 fully saturated rings. The van der Waals surface area contributed by atoms with Crippen LogP contribution in [0.2, 0.25) is 10.2 Å². The Morgan fingerprint density at radius 3 is 2.71 bits per heavy atom. The molecule has 0 radical (unpaired) electrons. The highest BCUT2D eigenvalue weighted by Crippen LogP contribution is 2.36. The fourth-order valence-electron chi connectivity index (χ4n) is 1.77. The molecule has 0 aliphatic carbocycles. The van der Waals surface area contributed by atoms with Crippen molar-refractivity contribution in [1.82, 2.24) is 4.98 Å². The average molecular weight is 392 g/mol. The molecule has 110 valence electrons. The number of nitro groups is 1. The molecule has 1 heterocycles. The summed E-state index contributed by atoms with van der Waals surface area (Å²) in [5, 5.41) is 11.7. The van der Waals surface area contributed by atoms with Crippen LogP contribution in [0.25, 0.3) is 0 Å². The first-order valence-electron chi connectivity index (χ1n) is 5.80. The zero-order valence-corrected chi connectivity index (χ0v) is 13.8. The molecular formula is C13H9BrCl2N2O3. The number of ether oxygens (including phenoxy) is 1. The van der Waals surface area contributed by atoms with Crippen LogP contribution in [0.5, 0.6) is 5.75 Å². The minimum atomic E-state index is -0.585. The van der Waals surface area contributed by atoms with E-state index in [1.165, 1.54) is 18.3 Å². The summed E-state index contributed by atoms with van der Waals surface area (Å²) in [4.78, 5) is 14.5. The molecule has 0 saturated carbocycles. The van der Waals surface area contributed by atoms with E-state index in [1.807, 2.05) is 0 Å².